The third-order valence-corrected chi connectivity index (χ3v) is 3.57. The van der Waals surface area contributed by atoms with E-state index in [0.29, 0.717) is 0 Å². The molecule has 0 fully saturated rings. The molecule has 5 N–H and O–H groups in total. The van der Waals surface area contributed by atoms with Gasteiger partial charge < -0.3 is 21.4 Å². The van der Waals surface area contributed by atoms with Crippen molar-refractivity contribution >= 4 is 22.7 Å². The lowest BCUT2D eigenvalue weighted by Gasteiger charge is -2.25. The van der Waals surface area contributed by atoms with E-state index in [1.807, 2.05) is 54.7 Å². The predicted octanol–water partition coefficient (Wildman–Crippen LogP) is 2.95. The molecule has 0 unspecified atom stereocenters. The Morgan fingerprint density at radius 2 is 1.41 bits per heavy atom. The number of hydrogen-bond donors (Lipinski definition) is 3. The van der Waals surface area contributed by atoms with Crippen LogP contribution >= 0.6 is 0 Å². The third-order valence-electron chi connectivity index (χ3n) is 3.57. The van der Waals surface area contributed by atoms with Crippen LogP contribution in [0.1, 0.15) is 5.69 Å². The van der Waals surface area contributed by atoms with Crippen LogP contribution in [0.5, 0.6) is 0 Å². The Hall–Kier alpha value is -2.95. The fourth-order valence-electron chi connectivity index (χ4n) is 2.37. The van der Waals surface area contributed by atoms with Crippen molar-refractivity contribution < 1.29 is 0 Å². The summed E-state index contributed by atoms with van der Waals surface area (Å²) in [6.07, 6.45) is 4.42. The minimum absolute atomic E-state index is 0.759. The molecule has 5 nitrogen and oxygen atoms in total. The summed E-state index contributed by atoms with van der Waals surface area (Å²) in [5.41, 5.74) is 16.4. The Labute approximate surface area is 129 Å². The second kappa shape index (κ2) is 6.22. The standard InChI is InChI=1S/C17H19N5/c18-13-1-5-16(6-2-13)22(10-9-15-11-20-12-21-15)17-7-3-14(19)4-8-17/h1-8,11-12H,9-10,18-19H2,(H,20,21). The van der Waals surface area contributed by atoms with Crippen molar-refractivity contribution in [2.75, 3.05) is 22.9 Å². The van der Waals surface area contributed by atoms with Crippen LogP contribution in [0, 0.1) is 0 Å². The number of nitrogens with zero attached hydrogens (tertiary/aromatic N) is 2. The number of benzene rings is 2. The van der Waals surface area contributed by atoms with Crippen molar-refractivity contribution in [2.45, 2.75) is 6.42 Å². The normalized spacial score (nSPS) is 10.5. The molecule has 1 aromatic heterocycles. The highest BCUT2D eigenvalue weighted by molar-refractivity contribution is 5.66. The lowest BCUT2D eigenvalue weighted by Crippen LogP contribution is -2.20. The Morgan fingerprint density at radius 1 is 0.864 bits per heavy atom. The first-order valence-electron chi connectivity index (χ1n) is 7.18. The van der Waals surface area contributed by atoms with E-state index < -0.39 is 0 Å². The van der Waals surface area contributed by atoms with Crippen molar-refractivity contribution in [3.8, 4) is 0 Å². The molecule has 0 bridgehead atoms. The molecule has 3 aromatic rings. The quantitative estimate of drug-likeness (QED) is 0.631. The number of aromatic amines is 1. The fraction of sp³-hybridized carbons (Fsp3) is 0.118. The average molecular weight is 293 g/mol. The number of imidazole rings is 1. The van der Waals surface area contributed by atoms with Gasteiger partial charge in [-0.1, -0.05) is 0 Å². The highest BCUT2D eigenvalue weighted by Crippen LogP contribution is 2.27. The SMILES string of the molecule is Nc1ccc(N(CCc2cnc[nH]2)c2ccc(N)cc2)cc1. The van der Waals surface area contributed by atoms with E-state index in [0.717, 1.165) is 41.4 Å². The number of anilines is 4. The van der Waals surface area contributed by atoms with Gasteiger partial charge in [0.05, 0.1) is 6.33 Å². The van der Waals surface area contributed by atoms with Crippen LogP contribution in [0.2, 0.25) is 0 Å². The second-order valence-electron chi connectivity index (χ2n) is 5.16. The molecular formula is C17H19N5. The molecule has 5 heteroatoms. The summed E-state index contributed by atoms with van der Waals surface area (Å²) in [5.74, 6) is 0. The minimum atomic E-state index is 0.759. The van der Waals surface area contributed by atoms with E-state index in [-0.39, 0.29) is 0 Å². The van der Waals surface area contributed by atoms with Gasteiger partial charge in [0.15, 0.2) is 0 Å². The van der Waals surface area contributed by atoms with E-state index in [1.165, 1.54) is 0 Å². The monoisotopic (exact) mass is 293 g/mol. The summed E-state index contributed by atoms with van der Waals surface area (Å²) >= 11 is 0. The molecular weight excluding hydrogens is 274 g/mol. The van der Waals surface area contributed by atoms with Crippen molar-refractivity contribution in [1.29, 1.82) is 0 Å². The van der Waals surface area contributed by atoms with Crippen LogP contribution in [0.4, 0.5) is 22.7 Å². The zero-order valence-corrected chi connectivity index (χ0v) is 12.2. The maximum atomic E-state index is 5.79. The van der Waals surface area contributed by atoms with Crippen LogP contribution in [-0.4, -0.2) is 16.5 Å². The van der Waals surface area contributed by atoms with E-state index in [2.05, 4.69) is 14.9 Å². The molecule has 0 aliphatic heterocycles. The van der Waals surface area contributed by atoms with Crippen molar-refractivity contribution in [3.63, 3.8) is 0 Å². The zero-order chi connectivity index (χ0) is 15.4. The maximum Gasteiger partial charge on any atom is 0.0921 e. The van der Waals surface area contributed by atoms with Crippen LogP contribution in [0.3, 0.4) is 0 Å². The largest absolute Gasteiger partial charge is 0.399 e. The molecule has 0 saturated heterocycles. The fourth-order valence-corrected chi connectivity index (χ4v) is 2.37. The molecule has 0 spiro atoms. The van der Waals surface area contributed by atoms with E-state index in [4.69, 9.17) is 11.5 Å². The minimum Gasteiger partial charge on any atom is -0.399 e. The van der Waals surface area contributed by atoms with Gasteiger partial charge in [0, 0.05) is 47.6 Å². The Kier molecular flexibility index (Phi) is 3.96. The summed E-state index contributed by atoms with van der Waals surface area (Å²) in [6, 6.07) is 15.8. The van der Waals surface area contributed by atoms with E-state index in [9.17, 15) is 0 Å². The lowest BCUT2D eigenvalue weighted by molar-refractivity contribution is 0.891. The van der Waals surface area contributed by atoms with E-state index in [1.54, 1.807) is 6.33 Å². The van der Waals surface area contributed by atoms with Gasteiger partial charge >= 0.3 is 0 Å². The van der Waals surface area contributed by atoms with Crippen LogP contribution < -0.4 is 16.4 Å². The molecule has 1 heterocycles. The Bertz CT molecular complexity index is 656. The summed E-state index contributed by atoms with van der Waals surface area (Å²) in [6.45, 7) is 0.829. The Morgan fingerprint density at radius 3 is 1.86 bits per heavy atom. The zero-order valence-electron chi connectivity index (χ0n) is 12.2. The van der Waals surface area contributed by atoms with Crippen LogP contribution in [0.25, 0.3) is 0 Å². The lowest BCUT2D eigenvalue weighted by atomic mass is 10.2. The van der Waals surface area contributed by atoms with Gasteiger partial charge in [-0.25, -0.2) is 4.98 Å². The smallest absolute Gasteiger partial charge is 0.0921 e. The van der Waals surface area contributed by atoms with Gasteiger partial charge in [-0.2, -0.15) is 0 Å². The molecule has 0 atom stereocenters. The number of nitrogens with one attached hydrogen (secondary N) is 1. The molecule has 0 amide bonds. The topological polar surface area (TPSA) is 84.0 Å². The molecule has 112 valence electrons. The van der Waals surface area contributed by atoms with Crippen molar-refractivity contribution in [3.05, 3.63) is 66.7 Å². The van der Waals surface area contributed by atoms with Gasteiger partial charge in [-0.05, 0) is 48.5 Å². The first-order valence-corrected chi connectivity index (χ1v) is 7.18. The van der Waals surface area contributed by atoms with Crippen LogP contribution in [-0.2, 0) is 6.42 Å². The molecule has 0 saturated carbocycles. The van der Waals surface area contributed by atoms with Gasteiger partial charge in [0.1, 0.15) is 0 Å². The first kappa shape index (κ1) is 14.0. The second-order valence-corrected chi connectivity index (χ2v) is 5.16. The number of nitrogen functional groups attached to an aromatic ring is 2. The summed E-state index contributed by atoms with van der Waals surface area (Å²) in [7, 11) is 0. The maximum absolute atomic E-state index is 5.79. The highest BCUT2D eigenvalue weighted by Gasteiger charge is 2.10. The number of nitrogens with two attached hydrogens (primary N) is 2. The third kappa shape index (κ3) is 3.20. The molecule has 0 aliphatic rings. The number of aromatic nitrogens is 2. The molecule has 2 aromatic carbocycles. The average Bonchev–Trinajstić information content (AvgIpc) is 3.04. The number of rotatable bonds is 5. The van der Waals surface area contributed by atoms with Crippen molar-refractivity contribution in [1.82, 2.24) is 9.97 Å². The van der Waals surface area contributed by atoms with Gasteiger partial charge in [0.2, 0.25) is 0 Å². The van der Waals surface area contributed by atoms with Gasteiger partial charge in [0.25, 0.3) is 0 Å². The number of hydrogen-bond acceptors (Lipinski definition) is 4. The molecule has 0 aliphatic carbocycles. The van der Waals surface area contributed by atoms with Gasteiger partial charge in [-0.15, -0.1) is 0 Å². The van der Waals surface area contributed by atoms with Crippen LogP contribution in [0.15, 0.2) is 61.1 Å². The summed E-state index contributed by atoms with van der Waals surface area (Å²) < 4.78 is 0. The molecule has 3 rings (SSSR count). The number of H-pyrrole nitrogens is 1. The Balaban J connectivity index is 1.87. The van der Waals surface area contributed by atoms with Gasteiger partial charge in [-0.3, -0.25) is 0 Å². The predicted molar refractivity (Wildman–Crippen MR) is 91.0 cm³/mol. The molecule has 0 radical (unpaired) electrons. The van der Waals surface area contributed by atoms with E-state index >= 15 is 0 Å². The van der Waals surface area contributed by atoms with Crippen molar-refractivity contribution in [2.24, 2.45) is 0 Å². The summed E-state index contributed by atoms with van der Waals surface area (Å²) in [4.78, 5) is 9.43. The highest BCUT2D eigenvalue weighted by atomic mass is 15.1. The molecule has 22 heavy (non-hydrogen) atoms. The summed E-state index contributed by atoms with van der Waals surface area (Å²) in [5, 5.41) is 0. The first-order chi connectivity index (χ1) is 10.7.